The number of nitrogens with one attached hydrogen (secondary N) is 1. The zero-order chi connectivity index (χ0) is 9.72. The van der Waals surface area contributed by atoms with Crippen LogP contribution >= 0.6 is 0 Å². The van der Waals surface area contributed by atoms with E-state index >= 15 is 0 Å². The largest absolute Gasteiger partial charge is 0.357 e. The van der Waals surface area contributed by atoms with Crippen molar-refractivity contribution in [2.45, 2.75) is 33.7 Å². The van der Waals surface area contributed by atoms with Crippen molar-refractivity contribution in [1.29, 1.82) is 0 Å². The third-order valence-electron chi connectivity index (χ3n) is 1.67. The van der Waals surface area contributed by atoms with E-state index in [-0.39, 0.29) is 0 Å². The van der Waals surface area contributed by atoms with Gasteiger partial charge in [0.2, 0.25) is 0 Å². The molecule has 0 atom stereocenters. The van der Waals surface area contributed by atoms with Gasteiger partial charge in [0.25, 0.3) is 0 Å². The van der Waals surface area contributed by atoms with Crippen LogP contribution in [0.5, 0.6) is 0 Å². The Bertz CT molecular complexity index is 171. The van der Waals surface area contributed by atoms with Crippen molar-refractivity contribution in [2.24, 2.45) is 0 Å². The second-order valence-electron chi connectivity index (χ2n) is 3.23. The van der Waals surface area contributed by atoms with Crippen molar-refractivity contribution >= 4 is 0 Å². The highest BCUT2D eigenvalue weighted by molar-refractivity contribution is 5.02. The summed E-state index contributed by atoms with van der Waals surface area (Å²) in [5.74, 6) is 0.931. The standard InChI is InChI=1S/C10H20N2/c1-7-12(9(4)5)10(6)11-8(2)3/h9,11H,2,6-7H2,1,3-5H3. The molecule has 1 N–H and O–H groups in total. The lowest BCUT2D eigenvalue weighted by molar-refractivity contribution is 0.284. The van der Waals surface area contributed by atoms with Crippen LogP contribution in [0.4, 0.5) is 0 Å². The van der Waals surface area contributed by atoms with Crippen molar-refractivity contribution < 1.29 is 0 Å². The van der Waals surface area contributed by atoms with E-state index in [0.717, 1.165) is 18.1 Å². The van der Waals surface area contributed by atoms with Crippen molar-refractivity contribution in [1.82, 2.24) is 10.2 Å². The fraction of sp³-hybridized carbons (Fsp3) is 0.600. The first kappa shape index (κ1) is 11.1. The summed E-state index contributed by atoms with van der Waals surface area (Å²) < 4.78 is 0. The van der Waals surface area contributed by atoms with Crippen LogP contribution in [0.15, 0.2) is 24.7 Å². The van der Waals surface area contributed by atoms with Crippen molar-refractivity contribution in [3.05, 3.63) is 24.7 Å². The molecule has 0 radical (unpaired) electrons. The number of allylic oxidation sites excluding steroid dienone is 1. The second-order valence-corrected chi connectivity index (χ2v) is 3.23. The van der Waals surface area contributed by atoms with Crippen LogP contribution in [0, 0.1) is 0 Å². The van der Waals surface area contributed by atoms with Gasteiger partial charge in [0, 0.05) is 18.3 Å². The highest BCUT2D eigenvalue weighted by Gasteiger charge is 2.07. The molecule has 0 aromatic heterocycles. The van der Waals surface area contributed by atoms with Gasteiger partial charge in [-0.2, -0.15) is 0 Å². The molecule has 0 amide bonds. The average Bonchev–Trinajstić information content (AvgIpc) is 1.85. The molecule has 0 aliphatic rings. The van der Waals surface area contributed by atoms with Crippen molar-refractivity contribution in [2.75, 3.05) is 6.54 Å². The number of hydrogen-bond acceptors (Lipinski definition) is 2. The minimum atomic E-state index is 0.481. The van der Waals surface area contributed by atoms with Gasteiger partial charge in [-0.25, -0.2) is 0 Å². The minimum absolute atomic E-state index is 0.481. The molecule has 0 aromatic carbocycles. The Labute approximate surface area is 76.0 Å². The van der Waals surface area contributed by atoms with Gasteiger partial charge in [-0.3, -0.25) is 0 Å². The maximum Gasteiger partial charge on any atom is 0.0982 e. The van der Waals surface area contributed by atoms with Crippen LogP contribution in [-0.2, 0) is 0 Å². The molecule has 0 saturated carbocycles. The van der Waals surface area contributed by atoms with E-state index < -0.39 is 0 Å². The predicted octanol–water partition coefficient (Wildman–Crippen LogP) is 2.31. The summed E-state index contributed by atoms with van der Waals surface area (Å²) in [6.07, 6.45) is 0. The average molecular weight is 168 g/mol. The van der Waals surface area contributed by atoms with E-state index in [0.29, 0.717) is 6.04 Å². The fourth-order valence-corrected chi connectivity index (χ4v) is 1.19. The second kappa shape index (κ2) is 4.86. The molecule has 0 rings (SSSR count). The van der Waals surface area contributed by atoms with E-state index in [1.165, 1.54) is 0 Å². The highest BCUT2D eigenvalue weighted by Crippen LogP contribution is 2.05. The Hall–Kier alpha value is -0.920. The molecule has 0 aromatic rings. The molecule has 0 saturated heterocycles. The molecule has 70 valence electrons. The van der Waals surface area contributed by atoms with Crippen LogP contribution in [0.2, 0.25) is 0 Å². The van der Waals surface area contributed by atoms with Crippen molar-refractivity contribution in [3.8, 4) is 0 Å². The molecule has 0 unspecified atom stereocenters. The van der Waals surface area contributed by atoms with E-state index in [9.17, 15) is 0 Å². The molecule has 0 aliphatic carbocycles. The Morgan fingerprint density at radius 3 is 2.17 bits per heavy atom. The van der Waals surface area contributed by atoms with E-state index in [2.05, 4.69) is 44.1 Å². The molecular formula is C10H20N2. The lowest BCUT2D eigenvalue weighted by Gasteiger charge is -2.29. The van der Waals surface area contributed by atoms with Gasteiger partial charge in [0.15, 0.2) is 0 Å². The first-order chi connectivity index (χ1) is 5.49. The van der Waals surface area contributed by atoms with Gasteiger partial charge in [0.05, 0.1) is 5.82 Å². The Morgan fingerprint density at radius 1 is 1.42 bits per heavy atom. The molecule has 0 fully saturated rings. The van der Waals surface area contributed by atoms with Crippen LogP contribution in [0.1, 0.15) is 27.7 Å². The number of nitrogens with zero attached hydrogens (tertiary/aromatic N) is 1. The molecule has 0 bridgehead atoms. The van der Waals surface area contributed by atoms with Crippen molar-refractivity contribution in [3.63, 3.8) is 0 Å². The maximum atomic E-state index is 3.94. The monoisotopic (exact) mass is 168 g/mol. The lowest BCUT2D eigenvalue weighted by Crippen LogP contribution is -2.35. The maximum absolute atomic E-state index is 3.94. The molecule has 12 heavy (non-hydrogen) atoms. The van der Waals surface area contributed by atoms with Gasteiger partial charge in [-0.05, 0) is 27.7 Å². The third kappa shape index (κ3) is 3.46. The Balaban J connectivity index is 4.12. The summed E-state index contributed by atoms with van der Waals surface area (Å²) in [5.41, 5.74) is 0.930. The summed E-state index contributed by atoms with van der Waals surface area (Å²) >= 11 is 0. The summed E-state index contributed by atoms with van der Waals surface area (Å²) in [4.78, 5) is 2.19. The fourth-order valence-electron chi connectivity index (χ4n) is 1.19. The predicted molar refractivity (Wildman–Crippen MR) is 54.6 cm³/mol. The van der Waals surface area contributed by atoms with Gasteiger partial charge in [0.1, 0.15) is 0 Å². The van der Waals surface area contributed by atoms with E-state index in [1.54, 1.807) is 0 Å². The van der Waals surface area contributed by atoms with Crippen LogP contribution in [0.25, 0.3) is 0 Å². The topological polar surface area (TPSA) is 15.3 Å². The lowest BCUT2D eigenvalue weighted by atomic mass is 10.3. The zero-order valence-electron chi connectivity index (χ0n) is 8.65. The summed E-state index contributed by atoms with van der Waals surface area (Å²) in [6, 6.07) is 0.481. The first-order valence-electron chi connectivity index (χ1n) is 4.37. The molecule has 0 aliphatic heterocycles. The summed E-state index contributed by atoms with van der Waals surface area (Å²) in [7, 11) is 0. The van der Waals surface area contributed by atoms with Gasteiger partial charge < -0.3 is 10.2 Å². The number of hydrogen-bond donors (Lipinski definition) is 1. The quantitative estimate of drug-likeness (QED) is 0.677. The van der Waals surface area contributed by atoms with Crippen LogP contribution in [0.3, 0.4) is 0 Å². The Morgan fingerprint density at radius 2 is 1.92 bits per heavy atom. The number of rotatable bonds is 5. The normalized spacial score (nSPS) is 9.75. The SMILES string of the molecule is C=C(C)NC(=C)N(CC)C(C)C. The van der Waals surface area contributed by atoms with Gasteiger partial charge in [-0.1, -0.05) is 13.2 Å². The molecule has 0 heterocycles. The third-order valence-corrected chi connectivity index (χ3v) is 1.67. The summed E-state index contributed by atoms with van der Waals surface area (Å²) in [6.45, 7) is 17.0. The molecule has 0 spiro atoms. The van der Waals surface area contributed by atoms with E-state index in [4.69, 9.17) is 0 Å². The molecule has 2 heteroatoms. The van der Waals surface area contributed by atoms with Crippen LogP contribution in [-0.4, -0.2) is 17.5 Å². The Kier molecular flexibility index (Phi) is 4.49. The highest BCUT2D eigenvalue weighted by atomic mass is 15.2. The molecule has 2 nitrogen and oxygen atoms in total. The van der Waals surface area contributed by atoms with E-state index in [1.807, 2.05) is 6.92 Å². The zero-order valence-corrected chi connectivity index (χ0v) is 8.65. The van der Waals surface area contributed by atoms with Gasteiger partial charge in [-0.15, -0.1) is 0 Å². The molecular weight excluding hydrogens is 148 g/mol. The minimum Gasteiger partial charge on any atom is -0.357 e. The smallest absolute Gasteiger partial charge is 0.0982 e. The summed E-state index contributed by atoms with van der Waals surface area (Å²) in [5, 5.41) is 3.11. The van der Waals surface area contributed by atoms with Crippen LogP contribution < -0.4 is 5.32 Å². The first-order valence-corrected chi connectivity index (χ1v) is 4.37. The van der Waals surface area contributed by atoms with Gasteiger partial charge >= 0.3 is 0 Å².